The highest BCUT2D eigenvalue weighted by Gasteiger charge is 2.58. The number of amides is 2. The van der Waals surface area contributed by atoms with Crippen molar-refractivity contribution in [1.29, 1.82) is 0 Å². The van der Waals surface area contributed by atoms with E-state index in [1.807, 2.05) is 0 Å². The van der Waals surface area contributed by atoms with E-state index in [1.165, 1.54) is 17.5 Å². The number of likely N-dealkylation sites (tertiary alicyclic amines) is 1. The molecule has 1 aromatic carbocycles. The van der Waals surface area contributed by atoms with Crippen LogP contribution in [0.4, 0.5) is 4.79 Å². The molecular formula is C24H34N2O3. The number of alkyl carbamates (subject to hydrolysis) is 1. The molecule has 0 bridgehead atoms. The van der Waals surface area contributed by atoms with Crippen LogP contribution in [0.3, 0.4) is 0 Å². The average molecular weight is 399 g/mol. The summed E-state index contributed by atoms with van der Waals surface area (Å²) in [6, 6.07) is 9.18. The first kappa shape index (κ1) is 20.2. The molecule has 1 aromatic rings. The molecule has 3 fully saturated rings. The molecule has 2 aliphatic carbocycles. The maximum absolute atomic E-state index is 12.9. The topological polar surface area (TPSA) is 58.6 Å². The van der Waals surface area contributed by atoms with Gasteiger partial charge in [-0.15, -0.1) is 0 Å². The zero-order chi connectivity index (χ0) is 20.8. The predicted octanol–water partition coefficient (Wildman–Crippen LogP) is 4.00. The number of hydrogen-bond acceptors (Lipinski definition) is 3. The Hall–Kier alpha value is -2.04. The van der Waals surface area contributed by atoms with Gasteiger partial charge in [0, 0.05) is 30.5 Å². The summed E-state index contributed by atoms with van der Waals surface area (Å²) in [6.45, 7) is 10.7. The maximum Gasteiger partial charge on any atom is 0.407 e. The number of nitrogens with zero attached hydrogens (tertiary/aromatic N) is 1. The number of rotatable bonds is 4. The largest absolute Gasteiger partial charge is 0.450 e. The molecule has 4 rings (SSSR count). The summed E-state index contributed by atoms with van der Waals surface area (Å²) in [6.07, 6.45) is 3.35. The highest BCUT2D eigenvalue weighted by molar-refractivity contribution is 5.80. The van der Waals surface area contributed by atoms with Crippen LogP contribution in [0.2, 0.25) is 0 Å². The predicted molar refractivity (Wildman–Crippen MR) is 113 cm³/mol. The lowest BCUT2D eigenvalue weighted by atomic mass is 9.78. The van der Waals surface area contributed by atoms with Gasteiger partial charge in [0.2, 0.25) is 5.91 Å². The van der Waals surface area contributed by atoms with Crippen molar-refractivity contribution in [3.63, 3.8) is 0 Å². The first-order valence-corrected chi connectivity index (χ1v) is 11.1. The van der Waals surface area contributed by atoms with Crippen molar-refractivity contribution in [2.75, 3.05) is 19.7 Å². The van der Waals surface area contributed by atoms with E-state index in [9.17, 15) is 9.59 Å². The highest BCUT2D eigenvalue weighted by Crippen LogP contribution is 2.59. The fourth-order valence-electron chi connectivity index (χ4n) is 5.15. The Morgan fingerprint density at radius 2 is 2.03 bits per heavy atom. The van der Waals surface area contributed by atoms with E-state index >= 15 is 0 Å². The van der Waals surface area contributed by atoms with E-state index in [0.717, 1.165) is 32.4 Å². The molecule has 1 saturated heterocycles. The maximum atomic E-state index is 12.9. The molecule has 0 radical (unpaired) electrons. The lowest BCUT2D eigenvalue weighted by Gasteiger charge is -2.40. The Kier molecular flexibility index (Phi) is 5.12. The van der Waals surface area contributed by atoms with Gasteiger partial charge in [0.05, 0.1) is 6.61 Å². The van der Waals surface area contributed by atoms with Gasteiger partial charge in [0.15, 0.2) is 0 Å². The number of fused-ring (bicyclic) bond motifs is 1. The molecule has 1 N–H and O–H groups in total. The number of carbonyl (C=O) groups excluding carboxylic acids is 2. The number of ether oxygens (including phenoxy) is 1. The first-order chi connectivity index (χ1) is 13.7. The third kappa shape index (κ3) is 3.88. The van der Waals surface area contributed by atoms with Gasteiger partial charge in [-0.1, -0.05) is 45.0 Å². The summed E-state index contributed by atoms with van der Waals surface area (Å²) in [5.41, 5.74) is 3.30. The summed E-state index contributed by atoms with van der Waals surface area (Å²) in [4.78, 5) is 26.5. The molecule has 1 heterocycles. The van der Waals surface area contributed by atoms with E-state index < -0.39 is 0 Å². The van der Waals surface area contributed by atoms with Crippen LogP contribution in [-0.2, 0) is 20.4 Å². The minimum Gasteiger partial charge on any atom is -0.450 e. The molecule has 2 saturated carbocycles. The summed E-state index contributed by atoms with van der Waals surface area (Å²) >= 11 is 0. The van der Waals surface area contributed by atoms with Crippen LogP contribution in [-0.4, -0.2) is 42.6 Å². The van der Waals surface area contributed by atoms with E-state index in [4.69, 9.17) is 4.74 Å². The third-order valence-electron chi connectivity index (χ3n) is 7.20. The molecule has 2 unspecified atom stereocenters. The molecule has 29 heavy (non-hydrogen) atoms. The van der Waals surface area contributed by atoms with Gasteiger partial charge in [-0.3, -0.25) is 4.79 Å². The quantitative estimate of drug-likeness (QED) is 0.834. The summed E-state index contributed by atoms with van der Waals surface area (Å²) in [5, 5.41) is 2.84. The number of benzene rings is 1. The first-order valence-electron chi connectivity index (χ1n) is 11.1. The molecular weight excluding hydrogens is 364 g/mol. The van der Waals surface area contributed by atoms with Crippen LogP contribution in [0, 0.1) is 11.8 Å². The van der Waals surface area contributed by atoms with Crippen LogP contribution in [0.15, 0.2) is 24.3 Å². The molecule has 2 atom stereocenters. The van der Waals surface area contributed by atoms with Gasteiger partial charge in [-0.05, 0) is 55.1 Å². The van der Waals surface area contributed by atoms with Crippen molar-refractivity contribution in [3.05, 3.63) is 35.4 Å². The fraction of sp³-hybridized carbons (Fsp3) is 0.667. The van der Waals surface area contributed by atoms with E-state index in [-0.39, 0.29) is 34.8 Å². The van der Waals surface area contributed by atoms with Crippen LogP contribution >= 0.6 is 0 Å². The summed E-state index contributed by atoms with van der Waals surface area (Å²) in [5.74, 6) is 0.914. The molecule has 1 aliphatic heterocycles. The van der Waals surface area contributed by atoms with Crippen molar-refractivity contribution >= 4 is 12.0 Å². The number of nitrogens with one attached hydrogen (secondary N) is 1. The van der Waals surface area contributed by atoms with Gasteiger partial charge < -0.3 is 15.0 Å². The Morgan fingerprint density at radius 3 is 2.69 bits per heavy atom. The molecule has 2 amide bonds. The van der Waals surface area contributed by atoms with Crippen LogP contribution in [0.5, 0.6) is 0 Å². The number of carbonyl (C=O) groups is 2. The average Bonchev–Trinajstić information content (AvgIpc) is 3.38. The lowest BCUT2D eigenvalue weighted by molar-refractivity contribution is -0.140. The summed E-state index contributed by atoms with van der Waals surface area (Å²) < 4.78 is 4.92. The smallest absolute Gasteiger partial charge is 0.407 e. The molecule has 5 nitrogen and oxygen atoms in total. The molecule has 5 heteroatoms. The SMILES string of the molecule is CCOC(=O)N[C@H]1C[C@@H](C(=O)N2CCC3(c4cccc(C(C)(C)C)c4)CC3C2)C1. The van der Waals surface area contributed by atoms with Crippen molar-refractivity contribution in [2.45, 2.75) is 70.3 Å². The van der Waals surface area contributed by atoms with Crippen molar-refractivity contribution in [1.82, 2.24) is 10.2 Å². The second kappa shape index (κ2) is 7.33. The standard InChI is InChI=1S/C24H34N2O3/c1-5-29-22(28)25-20-11-16(12-20)21(27)26-10-9-24(14-19(24)15-26)18-8-6-7-17(13-18)23(2,3)4/h6-8,13,16,19-20H,5,9-12,14-15H2,1-4H3,(H,25,28)/t16-,19?,20+,24?. The van der Waals surface area contributed by atoms with Crippen molar-refractivity contribution in [3.8, 4) is 0 Å². The Labute approximate surface area is 174 Å². The second-order valence-corrected chi connectivity index (χ2v) is 10.2. The number of hydrogen-bond donors (Lipinski definition) is 1. The Morgan fingerprint density at radius 1 is 1.28 bits per heavy atom. The van der Waals surface area contributed by atoms with Crippen LogP contribution < -0.4 is 5.32 Å². The van der Waals surface area contributed by atoms with Crippen molar-refractivity contribution < 1.29 is 14.3 Å². The Bertz CT molecular complexity index is 794. The zero-order valence-corrected chi connectivity index (χ0v) is 18.2. The molecule has 3 aliphatic rings. The van der Waals surface area contributed by atoms with E-state index in [2.05, 4.69) is 55.3 Å². The molecule has 158 valence electrons. The van der Waals surface area contributed by atoms with Crippen LogP contribution in [0.25, 0.3) is 0 Å². The minimum absolute atomic E-state index is 0.0531. The third-order valence-corrected chi connectivity index (χ3v) is 7.20. The van der Waals surface area contributed by atoms with Gasteiger partial charge >= 0.3 is 6.09 Å². The number of piperidine rings is 1. The van der Waals surface area contributed by atoms with Crippen LogP contribution in [0.1, 0.15) is 64.5 Å². The van der Waals surface area contributed by atoms with Crippen molar-refractivity contribution in [2.24, 2.45) is 11.8 Å². The minimum atomic E-state index is -0.373. The van der Waals surface area contributed by atoms with Gasteiger partial charge in [-0.2, -0.15) is 0 Å². The molecule has 0 aromatic heterocycles. The second-order valence-electron chi connectivity index (χ2n) is 10.2. The van der Waals surface area contributed by atoms with Gasteiger partial charge in [0.25, 0.3) is 0 Å². The lowest BCUT2D eigenvalue weighted by Crippen LogP contribution is -2.52. The van der Waals surface area contributed by atoms with E-state index in [0.29, 0.717) is 12.5 Å². The highest BCUT2D eigenvalue weighted by atomic mass is 16.5. The monoisotopic (exact) mass is 398 g/mol. The fourth-order valence-corrected chi connectivity index (χ4v) is 5.15. The van der Waals surface area contributed by atoms with Gasteiger partial charge in [0.1, 0.15) is 0 Å². The van der Waals surface area contributed by atoms with Gasteiger partial charge in [-0.25, -0.2) is 4.79 Å². The normalized spacial score (nSPS) is 30.8. The Balaban J connectivity index is 1.32. The molecule has 0 spiro atoms. The zero-order valence-electron chi connectivity index (χ0n) is 18.2. The summed E-state index contributed by atoms with van der Waals surface area (Å²) in [7, 11) is 0. The van der Waals surface area contributed by atoms with E-state index in [1.54, 1.807) is 6.92 Å².